The molecule has 1 aliphatic heterocycles. The lowest BCUT2D eigenvalue weighted by atomic mass is 10.0. The molecule has 16 heteroatoms. The van der Waals surface area contributed by atoms with Crippen LogP contribution in [0.1, 0.15) is 79.1 Å². The van der Waals surface area contributed by atoms with Gasteiger partial charge in [0.25, 0.3) is 11.8 Å². The lowest BCUT2D eigenvalue weighted by Crippen LogP contribution is -2.57. The second-order valence-electron chi connectivity index (χ2n) is 11.9. The molecular weight excluding hydrogens is 616 g/mol. The number of likely N-dealkylation sites (N-methyl/N-ethyl adjacent to an activating group) is 1. The fraction of sp³-hybridized carbons (Fsp3) is 0.710. The normalized spacial score (nSPS) is 15.9. The van der Waals surface area contributed by atoms with Gasteiger partial charge in [-0.15, -0.1) is 0 Å². The number of hydrogen-bond acceptors (Lipinski definition) is 10. The van der Waals surface area contributed by atoms with Crippen molar-refractivity contribution in [2.75, 3.05) is 26.2 Å². The van der Waals surface area contributed by atoms with E-state index in [9.17, 15) is 43.8 Å². The maximum Gasteiger partial charge on any atom is 0.253 e. The monoisotopic (exact) mass is 668 g/mol. The highest BCUT2D eigenvalue weighted by molar-refractivity contribution is 6.12. The van der Waals surface area contributed by atoms with Gasteiger partial charge in [0.2, 0.25) is 29.5 Å². The molecule has 1 rings (SSSR count). The van der Waals surface area contributed by atoms with Gasteiger partial charge < -0.3 is 41.9 Å². The Morgan fingerprint density at radius 3 is 1.98 bits per heavy atom. The highest BCUT2D eigenvalue weighted by Gasteiger charge is 2.30. The summed E-state index contributed by atoms with van der Waals surface area (Å²) in [4.78, 5) is 88.3. The standard InChI is InChI=1S/C31H52N6O10/c1-5-32-29(45)20(4)34-31(47)28(19(2)3)36-30(46)23(12-13-24(41)33-17-21(39)10-11-22(40)18-38)35-25(42)9-7-6-8-16-37-26(43)14-15-27(37)44/h14-15,19-23,28,38-40H,5-13,16-18H2,1-4H3,(H,32,45)(H,33,41)(H,34,47)(H,35,42)(H,36,46)/t20-,21+,22-,23-,28-/m0/s1. The Kier molecular flexibility index (Phi) is 19.1. The van der Waals surface area contributed by atoms with Gasteiger partial charge in [-0.3, -0.25) is 38.5 Å². The molecule has 0 aliphatic carbocycles. The molecule has 0 spiro atoms. The topological polar surface area (TPSA) is 244 Å². The molecule has 0 unspecified atom stereocenters. The van der Waals surface area contributed by atoms with Crippen LogP contribution in [-0.4, -0.2) is 118 Å². The molecule has 16 nitrogen and oxygen atoms in total. The number of rotatable bonds is 23. The third-order valence-corrected chi connectivity index (χ3v) is 7.43. The van der Waals surface area contributed by atoms with Gasteiger partial charge in [0.1, 0.15) is 18.1 Å². The third-order valence-electron chi connectivity index (χ3n) is 7.43. The molecule has 0 aromatic rings. The van der Waals surface area contributed by atoms with Gasteiger partial charge in [0.15, 0.2) is 0 Å². The minimum absolute atomic E-state index is 0.0279. The van der Waals surface area contributed by atoms with Crippen molar-refractivity contribution in [2.45, 2.75) is 109 Å². The lowest BCUT2D eigenvalue weighted by molar-refractivity contribution is -0.137. The molecule has 0 bridgehead atoms. The van der Waals surface area contributed by atoms with Gasteiger partial charge in [0, 0.05) is 44.6 Å². The molecule has 0 fully saturated rings. The van der Waals surface area contributed by atoms with E-state index in [4.69, 9.17) is 5.11 Å². The Labute approximate surface area is 275 Å². The second kappa shape index (κ2) is 21.8. The molecule has 0 aromatic carbocycles. The largest absolute Gasteiger partial charge is 0.394 e. The number of hydrogen-bond donors (Lipinski definition) is 8. The highest BCUT2D eigenvalue weighted by Crippen LogP contribution is 2.10. The van der Waals surface area contributed by atoms with Gasteiger partial charge in [-0.1, -0.05) is 20.3 Å². The zero-order valence-corrected chi connectivity index (χ0v) is 27.8. The van der Waals surface area contributed by atoms with Gasteiger partial charge in [-0.25, -0.2) is 0 Å². The number of nitrogens with one attached hydrogen (secondary N) is 5. The van der Waals surface area contributed by atoms with Crippen molar-refractivity contribution in [1.29, 1.82) is 0 Å². The summed E-state index contributed by atoms with van der Waals surface area (Å²) in [5.74, 6) is -3.84. The fourth-order valence-corrected chi connectivity index (χ4v) is 4.58. The molecule has 0 saturated heterocycles. The van der Waals surface area contributed by atoms with Crippen molar-refractivity contribution in [1.82, 2.24) is 31.5 Å². The first kappa shape index (κ1) is 41.1. The van der Waals surface area contributed by atoms with E-state index in [2.05, 4.69) is 26.6 Å². The maximum absolute atomic E-state index is 13.4. The minimum atomic E-state index is -1.20. The highest BCUT2D eigenvalue weighted by atomic mass is 16.3. The number of nitrogens with zero attached hydrogens (tertiary/aromatic N) is 1. The Morgan fingerprint density at radius 1 is 0.745 bits per heavy atom. The zero-order valence-electron chi connectivity index (χ0n) is 27.8. The van der Waals surface area contributed by atoms with E-state index >= 15 is 0 Å². The van der Waals surface area contributed by atoms with E-state index < -0.39 is 72.4 Å². The molecule has 5 atom stereocenters. The van der Waals surface area contributed by atoms with Crippen molar-refractivity contribution in [3.63, 3.8) is 0 Å². The van der Waals surface area contributed by atoms with Gasteiger partial charge in [-0.05, 0) is 51.9 Å². The average molecular weight is 669 g/mol. The minimum Gasteiger partial charge on any atom is -0.394 e. The van der Waals surface area contributed by atoms with Gasteiger partial charge >= 0.3 is 0 Å². The summed E-state index contributed by atoms with van der Waals surface area (Å²) in [7, 11) is 0. The van der Waals surface area contributed by atoms with Gasteiger partial charge in [0.05, 0.1) is 18.8 Å². The molecule has 1 aliphatic rings. The number of carbonyl (C=O) groups excluding carboxylic acids is 7. The summed E-state index contributed by atoms with van der Waals surface area (Å²) in [5, 5.41) is 41.3. The smallest absolute Gasteiger partial charge is 0.253 e. The Bertz CT molecular complexity index is 1100. The number of carbonyl (C=O) groups is 7. The summed E-state index contributed by atoms with van der Waals surface area (Å²) in [6.45, 7) is 6.68. The molecule has 1 heterocycles. The first-order valence-corrected chi connectivity index (χ1v) is 16.1. The number of imide groups is 1. The van der Waals surface area contributed by atoms with Gasteiger partial charge in [-0.2, -0.15) is 0 Å². The van der Waals surface area contributed by atoms with Crippen LogP contribution in [0.25, 0.3) is 0 Å². The van der Waals surface area contributed by atoms with Crippen LogP contribution in [0.5, 0.6) is 0 Å². The summed E-state index contributed by atoms with van der Waals surface area (Å²) in [6.07, 6.45) is 1.85. The lowest BCUT2D eigenvalue weighted by Gasteiger charge is -2.26. The molecule has 0 radical (unpaired) electrons. The van der Waals surface area contributed by atoms with Crippen molar-refractivity contribution in [2.24, 2.45) is 5.92 Å². The molecule has 47 heavy (non-hydrogen) atoms. The number of unbranched alkanes of at least 4 members (excludes halogenated alkanes) is 2. The van der Waals surface area contributed by atoms with Crippen LogP contribution in [0.3, 0.4) is 0 Å². The number of aliphatic hydroxyl groups is 3. The second-order valence-corrected chi connectivity index (χ2v) is 11.9. The SMILES string of the molecule is CCNC(=O)[C@H](C)NC(=O)[C@@H](NC(=O)[C@H](CCC(=O)NC[C@H](O)CC[C@H](O)CO)NC(=O)CCCCCN1C(=O)C=CC1=O)C(C)C. The summed E-state index contributed by atoms with van der Waals surface area (Å²) in [5.41, 5.74) is 0. The molecule has 266 valence electrons. The van der Waals surface area contributed by atoms with E-state index in [-0.39, 0.29) is 57.0 Å². The first-order chi connectivity index (χ1) is 22.2. The molecule has 0 aromatic heterocycles. The Morgan fingerprint density at radius 2 is 1.38 bits per heavy atom. The molecule has 8 N–H and O–H groups in total. The first-order valence-electron chi connectivity index (χ1n) is 16.1. The molecule has 7 amide bonds. The van der Waals surface area contributed by atoms with Crippen LogP contribution in [0.15, 0.2) is 12.2 Å². The predicted molar refractivity (Wildman–Crippen MR) is 170 cm³/mol. The number of amides is 7. The Hall–Kier alpha value is -3.89. The molecule has 0 saturated carbocycles. The van der Waals surface area contributed by atoms with Crippen molar-refractivity contribution >= 4 is 41.4 Å². The van der Waals surface area contributed by atoms with Crippen molar-refractivity contribution in [3.05, 3.63) is 12.2 Å². The van der Waals surface area contributed by atoms with Crippen LogP contribution < -0.4 is 26.6 Å². The predicted octanol–water partition coefficient (Wildman–Crippen LogP) is -1.87. The quantitative estimate of drug-likeness (QED) is 0.0445. The van der Waals surface area contributed by atoms with Crippen LogP contribution >= 0.6 is 0 Å². The summed E-state index contributed by atoms with van der Waals surface area (Å²) in [6, 6.07) is -3.11. The zero-order chi connectivity index (χ0) is 35.5. The summed E-state index contributed by atoms with van der Waals surface area (Å²) < 4.78 is 0. The molecular formula is C31H52N6O10. The fourth-order valence-electron chi connectivity index (χ4n) is 4.58. The summed E-state index contributed by atoms with van der Waals surface area (Å²) >= 11 is 0. The van der Waals surface area contributed by atoms with Crippen LogP contribution in [0.4, 0.5) is 0 Å². The van der Waals surface area contributed by atoms with E-state index in [1.807, 2.05) is 0 Å². The van der Waals surface area contributed by atoms with E-state index in [0.717, 1.165) is 4.90 Å². The average Bonchev–Trinajstić information content (AvgIpc) is 3.34. The van der Waals surface area contributed by atoms with E-state index in [1.54, 1.807) is 20.8 Å². The number of aliphatic hydroxyl groups excluding tert-OH is 3. The third kappa shape index (κ3) is 16.0. The van der Waals surface area contributed by atoms with Crippen LogP contribution in [0.2, 0.25) is 0 Å². The Balaban J connectivity index is 2.81. The van der Waals surface area contributed by atoms with E-state index in [1.165, 1.54) is 19.1 Å². The van der Waals surface area contributed by atoms with E-state index in [0.29, 0.717) is 25.8 Å². The van der Waals surface area contributed by atoms with Crippen LogP contribution in [-0.2, 0) is 33.6 Å². The van der Waals surface area contributed by atoms with Crippen LogP contribution in [0, 0.1) is 5.92 Å². The van der Waals surface area contributed by atoms with Crippen molar-refractivity contribution in [3.8, 4) is 0 Å². The van der Waals surface area contributed by atoms with Crippen molar-refractivity contribution < 1.29 is 48.9 Å². The maximum atomic E-state index is 13.4.